The van der Waals surface area contributed by atoms with Gasteiger partial charge in [0.2, 0.25) is 0 Å². The first-order chi connectivity index (χ1) is 11.5. The minimum absolute atomic E-state index is 0.0843. The Morgan fingerprint density at radius 2 is 2.17 bits per heavy atom. The van der Waals surface area contributed by atoms with Gasteiger partial charge >= 0.3 is 0 Å². The number of nitrogens with two attached hydrogens (primary N) is 1. The fourth-order valence-electron chi connectivity index (χ4n) is 3.11. The summed E-state index contributed by atoms with van der Waals surface area (Å²) in [5, 5.41) is 9.05. The summed E-state index contributed by atoms with van der Waals surface area (Å²) in [6.07, 6.45) is 1.64. The lowest BCUT2D eigenvalue weighted by atomic mass is 9.87. The molecule has 0 aliphatic carbocycles. The third kappa shape index (κ3) is 2.63. The molecule has 0 spiro atoms. The summed E-state index contributed by atoms with van der Waals surface area (Å²) in [6, 6.07) is 13.5. The van der Waals surface area contributed by atoms with Gasteiger partial charge in [0.1, 0.15) is 5.84 Å². The predicted octanol–water partition coefficient (Wildman–Crippen LogP) is 3.86. The molecule has 0 saturated carbocycles. The number of hydrogen-bond donors (Lipinski definition) is 1. The molecule has 1 aromatic carbocycles. The van der Waals surface area contributed by atoms with E-state index in [2.05, 4.69) is 11.1 Å². The number of thiophene rings is 1. The van der Waals surface area contributed by atoms with Crippen LogP contribution >= 0.6 is 11.3 Å². The van der Waals surface area contributed by atoms with Crippen molar-refractivity contribution in [2.24, 2.45) is 16.6 Å². The number of nitrogens with zero attached hydrogens (tertiary/aromatic N) is 2. The molecule has 1 aromatic heterocycles. The highest BCUT2D eigenvalue weighted by Crippen LogP contribution is 2.42. The van der Waals surface area contributed by atoms with Gasteiger partial charge in [-0.1, -0.05) is 25.5 Å². The Kier molecular flexibility index (Phi) is 4.25. The molecule has 4 nitrogen and oxygen atoms in total. The second-order valence-corrected chi connectivity index (χ2v) is 7.25. The van der Waals surface area contributed by atoms with Gasteiger partial charge in [0.25, 0.3) is 0 Å². The summed E-state index contributed by atoms with van der Waals surface area (Å²) in [4.78, 5) is 19.3. The third-order valence-electron chi connectivity index (χ3n) is 4.45. The molecule has 0 fully saturated rings. The van der Waals surface area contributed by atoms with Crippen LogP contribution in [-0.2, 0) is 10.3 Å². The van der Waals surface area contributed by atoms with Gasteiger partial charge < -0.3 is 5.73 Å². The molecule has 0 bridgehead atoms. The second-order valence-electron chi connectivity index (χ2n) is 6.17. The van der Waals surface area contributed by atoms with Gasteiger partial charge in [-0.15, -0.1) is 11.3 Å². The minimum Gasteiger partial charge on any atom is -0.387 e. The highest BCUT2D eigenvalue weighted by Gasteiger charge is 2.46. The number of amidine groups is 1. The first-order valence-corrected chi connectivity index (χ1v) is 8.81. The van der Waals surface area contributed by atoms with Crippen LogP contribution in [0, 0.1) is 17.2 Å². The van der Waals surface area contributed by atoms with Crippen molar-refractivity contribution in [1.82, 2.24) is 0 Å². The monoisotopic (exact) mass is 337 g/mol. The van der Waals surface area contributed by atoms with Crippen LogP contribution in [-0.4, -0.2) is 11.6 Å². The minimum atomic E-state index is -0.889. The summed E-state index contributed by atoms with van der Waals surface area (Å²) >= 11 is 1.53. The van der Waals surface area contributed by atoms with Gasteiger partial charge in [0.05, 0.1) is 17.6 Å². The van der Waals surface area contributed by atoms with E-state index in [0.717, 1.165) is 28.2 Å². The molecule has 122 valence electrons. The van der Waals surface area contributed by atoms with Gasteiger partial charge in [-0.2, -0.15) is 5.26 Å². The van der Waals surface area contributed by atoms with E-state index in [-0.39, 0.29) is 11.7 Å². The average molecular weight is 337 g/mol. The summed E-state index contributed by atoms with van der Waals surface area (Å²) in [7, 11) is 0. The van der Waals surface area contributed by atoms with Crippen molar-refractivity contribution in [3.8, 4) is 16.5 Å². The lowest BCUT2D eigenvalue weighted by molar-refractivity contribution is -0.124. The molecule has 2 aromatic rings. The molecule has 2 atom stereocenters. The molecular formula is C19H19N3OS. The first kappa shape index (κ1) is 16.4. The Hall–Kier alpha value is -2.45. The molecule has 2 heterocycles. The van der Waals surface area contributed by atoms with E-state index >= 15 is 0 Å². The Morgan fingerprint density at radius 3 is 2.88 bits per heavy atom. The van der Waals surface area contributed by atoms with E-state index in [9.17, 15) is 4.79 Å². The van der Waals surface area contributed by atoms with Crippen LogP contribution in [0.2, 0.25) is 0 Å². The van der Waals surface area contributed by atoms with E-state index in [4.69, 9.17) is 11.0 Å². The molecule has 0 saturated heterocycles. The zero-order valence-electron chi connectivity index (χ0n) is 13.7. The summed E-state index contributed by atoms with van der Waals surface area (Å²) in [6.45, 7) is 3.89. The maximum absolute atomic E-state index is 12.8. The summed E-state index contributed by atoms with van der Waals surface area (Å²) in [5.74, 6) is 0.263. The zero-order chi connectivity index (χ0) is 17.3. The van der Waals surface area contributed by atoms with Crippen molar-refractivity contribution in [3.05, 3.63) is 46.8 Å². The number of carbonyl (C=O) groups excluding carboxylic acids is 1. The van der Waals surface area contributed by atoms with Gasteiger partial charge in [0.15, 0.2) is 11.3 Å². The molecule has 0 amide bonds. The smallest absolute Gasteiger partial charge is 0.176 e. The largest absolute Gasteiger partial charge is 0.387 e. The third-order valence-corrected chi connectivity index (χ3v) is 5.79. The highest BCUT2D eigenvalue weighted by atomic mass is 32.1. The van der Waals surface area contributed by atoms with E-state index in [0.29, 0.717) is 11.4 Å². The maximum Gasteiger partial charge on any atom is 0.176 e. The standard InChI is InChI=1S/C19H19N3OS/c1-3-5-14-17(23)19(2,22-18(14)21)16-9-8-15(24-16)13-7-4-6-12(10-13)11-20/h4,6-10,14H,3,5H2,1-2H3,(H2,21,22). The van der Waals surface area contributed by atoms with Gasteiger partial charge in [0, 0.05) is 9.75 Å². The van der Waals surface area contributed by atoms with Gasteiger partial charge in [-0.25, -0.2) is 0 Å². The van der Waals surface area contributed by atoms with Crippen LogP contribution in [0.4, 0.5) is 0 Å². The van der Waals surface area contributed by atoms with Crippen molar-refractivity contribution in [2.45, 2.75) is 32.2 Å². The van der Waals surface area contributed by atoms with E-state index in [1.54, 1.807) is 6.07 Å². The lowest BCUT2D eigenvalue weighted by Gasteiger charge is -2.18. The lowest BCUT2D eigenvalue weighted by Crippen LogP contribution is -2.31. The Morgan fingerprint density at radius 1 is 1.38 bits per heavy atom. The van der Waals surface area contributed by atoms with E-state index in [1.165, 1.54) is 11.3 Å². The van der Waals surface area contributed by atoms with Crippen LogP contribution in [0.1, 0.15) is 37.1 Å². The molecule has 3 rings (SSSR count). The molecule has 1 aliphatic heterocycles. The normalized spacial score (nSPS) is 23.1. The first-order valence-electron chi connectivity index (χ1n) is 8.00. The SMILES string of the molecule is CCCC1C(=O)C(C)(c2ccc(-c3cccc(C#N)c3)s2)N=C1N. The number of rotatable bonds is 4. The van der Waals surface area contributed by atoms with Gasteiger partial charge in [-0.05, 0) is 43.2 Å². The maximum atomic E-state index is 12.8. The van der Waals surface area contributed by atoms with Crippen molar-refractivity contribution >= 4 is 23.0 Å². The fraction of sp³-hybridized carbons (Fsp3) is 0.316. The Labute approximate surface area is 145 Å². The fourth-order valence-corrected chi connectivity index (χ4v) is 4.20. The number of carbonyl (C=O) groups is 1. The number of nitriles is 1. The molecule has 0 radical (unpaired) electrons. The van der Waals surface area contributed by atoms with Crippen LogP contribution in [0.25, 0.3) is 10.4 Å². The van der Waals surface area contributed by atoms with Crippen LogP contribution in [0.15, 0.2) is 41.4 Å². The second kappa shape index (κ2) is 6.21. The van der Waals surface area contributed by atoms with Crippen LogP contribution in [0.3, 0.4) is 0 Å². The topological polar surface area (TPSA) is 79.2 Å². The summed E-state index contributed by atoms with van der Waals surface area (Å²) < 4.78 is 0. The van der Waals surface area contributed by atoms with Crippen molar-refractivity contribution in [1.29, 1.82) is 5.26 Å². The number of Topliss-reactive ketones (excluding diaryl/α,β-unsaturated/α-hetero) is 1. The van der Waals surface area contributed by atoms with Crippen LogP contribution < -0.4 is 5.73 Å². The number of benzene rings is 1. The molecule has 2 N–H and O–H groups in total. The van der Waals surface area contributed by atoms with Crippen molar-refractivity contribution in [3.63, 3.8) is 0 Å². The quantitative estimate of drug-likeness (QED) is 0.920. The molecule has 2 unspecified atom stereocenters. The number of ketones is 1. The van der Waals surface area contributed by atoms with Crippen molar-refractivity contribution in [2.75, 3.05) is 0 Å². The van der Waals surface area contributed by atoms with Crippen LogP contribution in [0.5, 0.6) is 0 Å². The highest BCUT2D eigenvalue weighted by molar-refractivity contribution is 7.15. The molecule has 1 aliphatic rings. The Balaban J connectivity index is 1.96. The molecule has 5 heteroatoms. The zero-order valence-corrected chi connectivity index (χ0v) is 14.6. The number of aliphatic imine (C=N–C) groups is 1. The van der Waals surface area contributed by atoms with Gasteiger partial charge in [-0.3, -0.25) is 9.79 Å². The summed E-state index contributed by atoms with van der Waals surface area (Å²) in [5.41, 5.74) is 6.73. The van der Waals surface area contributed by atoms with E-state index in [1.807, 2.05) is 44.2 Å². The van der Waals surface area contributed by atoms with E-state index < -0.39 is 5.54 Å². The average Bonchev–Trinajstić information content (AvgIpc) is 3.16. The molecular weight excluding hydrogens is 318 g/mol. The Bertz CT molecular complexity index is 861. The van der Waals surface area contributed by atoms with Crippen molar-refractivity contribution < 1.29 is 4.79 Å². The number of hydrogen-bond acceptors (Lipinski definition) is 5. The predicted molar refractivity (Wildman–Crippen MR) is 96.8 cm³/mol. The molecule has 24 heavy (non-hydrogen) atoms.